The second-order valence-corrected chi connectivity index (χ2v) is 8.67. The zero-order valence-electron chi connectivity index (χ0n) is 22.5. The number of halogens is 3. The lowest BCUT2D eigenvalue weighted by molar-refractivity contribution is -0.154. The molecule has 0 radical (unpaired) electrons. The van der Waals surface area contributed by atoms with E-state index in [1.807, 2.05) is 20.8 Å². The lowest BCUT2D eigenvalue weighted by Gasteiger charge is -2.13. The van der Waals surface area contributed by atoms with Crippen LogP contribution in [0.3, 0.4) is 0 Å². The highest BCUT2D eigenvalue weighted by molar-refractivity contribution is 5.89. The average Bonchev–Trinajstić information content (AvgIpc) is 2.94. The van der Waals surface area contributed by atoms with Crippen LogP contribution in [0.1, 0.15) is 37.7 Å². The van der Waals surface area contributed by atoms with Gasteiger partial charge in [-0.05, 0) is 73.9 Å². The summed E-state index contributed by atoms with van der Waals surface area (Å²) in [6, 6.07) is 15.0. The molecule has 0 saturated heterocycles. The number of alkyl halides is 3. The molecule has 7 nitrogen and oxygen atoms in total. The van der Waals surface area contributed by atoms with E-state index in [2.05, 4.69) is 0 Å². The van der Waals surface area contributed by atoms with Crippen LogP contribution in [-0.4, -0.2) is 19.2 Å². The molecule has 0 spiro atoms. The molecule has 1 aromatic heterocycles. The highest BCUT2D eigenvalue weighted by Gasteiger charge is 2.40. The Labute approximate surface area is 233 Å². The van der Waals surface area contributed by atoms with Gasteiger partial charge in [-0.15, -0.1) is 0 Å². The van der Waals surface area contributed by atoms with Gasteiger partial charge in [0.25, 0.3) is 5.76 Å². The minimum Gasteiger partial charge on any atom is -0.490 e. The fourth-order valence-corrected chi connectivity index (χ4v) is 3.90. The highest BCUT2D eigenvalue weighted by Crippen LogP contribution is 2.38. The highest BCUT2D eigenvalue weighted by atomic mass is 19.4. The molecule has 0 aliphatic heterocycles. The van der Waals surface area contributed by atoms with Gasteiger partial charge in [0.1, 0.15) is 17.1 Å². The third-order valence-corrected chi connectivity index (χ3v) is 5.83. The van der Waals surface area contributed by atoms with E-state index in [0.29, 0.717) is 30.3 Å². The van der Waals surface area contributed by atoms with Crippen molar-refractivity contribution in [1.29, 1.82) is 0 Å². The van der Waals surface area contributed by atoms with Crippen LogP contribution in [0.5, 0.6) is 28.7 Å². The number of fused-ring (bicyclic) bond motifs is 1. The lowest BCUT2D eigenvalue weighted by Crippen LogP contribution is -2.15. The fourth-order valence-electron chi connectivity index (χ4n) is 3.90. The molecule has 0 aliphatic carbocycles. The van der Waals surface area contributed by atoms with Crippen LogP contribution in [0.25, 0.3) is 17.0 Å². The molecule has 214 valence electrons. The van der Waals surface area contributed by atoms with Gasteiger partial charge in [-0.1, -0.05) is 25.1 Å². The number of carbonyl (C=O) groups excluding carboxylic acids is 1. The summed E-state index contributed by atoms with van der Waals surface area (Å²) in [7, 11) is 0. The molecule has 0 N–H and O–H groups in total. The first-order valence-corrected chi connectivity index (χ1v) is 12.9. The molecule has 4 rings (SSSR count). The average molecular weight is 569 g/mol. The smallest absolute Gasteiger partial charge is 0.453 e. The molecule has 1 heterocycles. The summed E-state index contributed by atoms with van der Waals surface area (Å²) in [5, 5.41) is -0.175. The van der Waals surface area contributed by atoms with Crippen molar-refractivity contribution in [1.82, 2.24) is 0 Å². The Hall–Kier alpha value is -4.73. The summed E-state index contributed by atoms with van der Waals surface area (Å²) < 4.78 is 68.4. The van der Waals surface area contributed by atoms with Crippen LogP contribution in [0, 0.1) is 0 Å². The van der Waals surface area contributed by atoms with E-state index in [4.69, 9.17) is 23.4 Å². The zero-order valence-corrected chi connectivity index (χ0v) is 22.5. The quantitative estimate of drug-likeness (QED) is 0.111. The van der Waals surface area contributed by atoms with Gasteiger partial charge in [-0.3, -0.25) is 4.79 Å². The van der Waals surface area contributed by atoms with E-state index in [9.17, 15) is 22.8 Å². The monoisotopic (exact) mass is 568 g/mol. The third kappa shape index (κ3) is 7.08. The Morgan fingerprint density at radius 2 is 1.56 bits per heavy atom. The topological polar surface area (TPSA) is 84.2 Å². The fraction of sp³-hybridized carbons (Fsp3) is 0.226. The molecule has 10 heteroatoms. The predicted molar refractivity (Wildman–Crippen MR) is 147 cm³/mol. The number of ether oxygens (including phenoxy) is 4. The van der Waals surface area contributed by atoms with Crippen molar-refractivity contribution in [2.45, 2.75) is 33.4 Å². The summed E-state index contributed by atoms with van der Waals surface area (Å²) in [4.78, 5) is 25.5. The van der Waals surface area contributed by atoms with E-state index in [-0.39, 0.29) is 16.9 Å². The van der Waals surface area contributed by atoms with Gasteiger partial charge in [-0.2, -0.15) is 13.2 Å². The number of benzene rings is 3. The minimum absolute atomic E-state index is 0.0533. The molecular formula is C31H27F3O7. The Morgan fingerprint density at radius 1 is 0.878 bits per heavy atom. The summed E-state index contributed by atoms with van der Waals surface area (Å²) in [5.74, 6) is -2.37. The van der Waals surface area contributed by atoms with E-state index in [1.54, 1.807) is 30.3 Å². The lowest BCUT2D eigenvalue weighted by atomic mass is 10.1. The van der Waals surface area contributed by atoms with Crippen LogP contribution in [0.4, 0.5) is 13.2 Å². The molecule has 41 heavy (non-hydrogen) atoms. The van der Waals surface area contributed by atoms with Crippen LogP contribution in [-0.2, 0) is 17.4 Å². The van der Waals surface area contributed by atoms with E-state index >= 15 is 0 Å². The first-order valence-electron chi connectivity index (χ1n) is 12.9. The summed E-state index contributed by atoms with van der Waals surface area (Å²) >= 11 is 0. The molecular weight excluding hydrogens is 541 g/mol. The maximum Gasteiger partial charge on any atom is 0.453 e. The number of aryl methyl sites for hydroxylation is 1. The van der Waals surface area contributed by atoms with Crippen LogP contribution in [0.15, 0.2) is 76.0 Å². The number of esters is 1. The second-order valence-electron chi connectivity index (χ2n) is 8.67. The molecule has 3 aromatic carbocycles. The van der Waals surface area contributed by atoms with Gasteiger partial charge < -0.3 is 23.4 Å². The molecule has 4 aromatic rings. The van der Waals surface area contributed by atoms with Gasteiger partial charge in [0.2, 0.25) is 11.2 Å². The van der Waals surface area contributed by atoms with Gasteiger partial charge in [0, 0.05) is 12.1 Å². The summed E-state index contributed by atoms with van der Waals surface area (Å²) in [6.07, 6.45) is -1.67. The van der Waals surface area contributed by atoms with Crippen molar-refractivity contribution >= 4 is 23.0 Å². The van der Waals surface area contributed by atoms with Crippen molar-refractivity contribution in [3.05, 3.63) is 93.9 Å². The number of hydrogen-bond donors (Lipinski definition) is 0. The molecule has 0 atom stereocenters. The molecule has 0 amide bonds. The Kier molecular flexibility index (Phi) is 9.01. The standard InChI is InChI=1S/C31H27F3O7/c1-4-19-7-11-21(12-8-19)40-29-28(36)23-14-13-22(18-25(23)41-30(29)31(32,33)34)39-27(35)16-10-20-9-15-24(37-5-2)26(17-20)38-6-3/h7-18H,4-6H2,1-3H3. The summed E-state index contributed by atoms with van der Waals surface area (Å²) in [5.41, 5.74) is 0.144. The maximum atomic E-state index is 13.9. The molecule has 0 saturated carbocycles. The van der Waals surface area contributed by atoms with E-state index in [0.717, 1.165) is 24.1 Å². The number of rotatable bonds is 10. The molecule has 0 unspecified atom stereocenters. The van der Waals surface area contributed by atoms with Crippen molar-refractivity contribution in [3.8, 4) is 28.7 Å². The van der Waals surface area contributed by atoms with Crippen molar-refractivity contribution in [2.24, 2.45) is 0 Å². The van der Waals surface area contributed by atoms with Crippen molar-refractivity contribution in [3.63, 3.8) is 0 Å². The summed E-state index contributed by atoms with van der Waals surface area (Å²) in [6.45, 7) is 6.48. The largest absolute Gasteiger partial charge is 0.490 e. The first kappa shape index (κ1) is 29.3. The Balaban J connectivity index is 1.59. The van der Waals surface area contributed by atoms with E-state index in [1.165, 1.54) is 30.3 Å². The van der Waals surface area contributed by atoms with Crippen LogP contribution in [0.2, 0.25) is 0 Å². The number of hydrogen-bond acceptors (Lipinski definition) is 7. The Morgan fingerprint density at radius 3 is 2.22 bits per heavy atom. The normalized spacial score (nSPS) is 11.6. The van der Waals surface area contributed by atoms with Gasteiger partial charge >= 0.3 is 12.1 Å². The number of carbonyl (C=O) groups is 1. The zero-order chi connectivity index (χ0) is 29.6. The molecule has 0 aliphatic rings. The molecule has 0 bridgehead atoms. The predicted octanol–water partition coefficient (Wildman–Crippen LogP) is 7.58. The van der Waals surface area contributed by atoms with Gasteiger partial charge in [0.15, 0.2) is 11.5 Å². The maximum absolute atomic E-state index is 13.9. The van der Waals surface area contributed by atoms with Gasteiger partial charge in [0.05, 0.1) is 18.6 Å². The first-order chi connectivity index (χ1) is 19.6. The van der Waals surface area contributed by atoms with E-state index < -0.39 is 34.7 Å². The SMILES string of the molecule is CCOc1ccc(C=CC(=O)Oc2ccc3c(=O)c(Oc4ccc(CC)cc4)c(C(F)(F)F)oc3c2)cc1OCC. The Bertz CT molecular complexity index is 1620. The second kappa shape index (κ2) is 12.6. The minimum atomic E-state index is -5.03. The third-order valence-electron chi connectivity index (χ3n) is 5.83. The van der Waals surface area contributed by atoms with Crippen molar-refractivity contribution < 1.29 is 41.3 Å². The van der Waals surface area contributed by atoms with Crippen LogP contribution < -0.4 is 24.4 Å². The van der Waals surface area contributed by atoms with Crippen molar-refractivity contribution in [2.75, 3.05) is 13.2 Å². The van der Waals surface area contributed by atoms with Gasteiger partial charge in [-0.25, -0.2) is 4.79 Å². The van der Waals surface area contributed by atoms with Crippen LogP contribution >= 0.6 is 0 Å². The molecule has 0 fully saturated rings.